The van der Waals surface area contributed by atoms with Gasteiger partial charge in [0.25, 0.3) is 0 Å². The molecule has 1 spiro atoms. The zero-order valence-corrected chi connectivity index (χ0v) is 20.9. The third-order valence-corrected chi connectivity index (χ3v) is 10.0. The Morgan fingerprint density at radius 2 is 1.68 bits per heavy atom. The minimum atomic E-state index is -3.66. The molecular formula is C23H31N3O6S2. The van der Waals surface area contributed by atoms with E-state index < -0.39 is 15.8 Å². The Morgan fingerprint density at radius 3 is 2.35 bits per heavy atom. The van der Waals surface area contributed by atoms with Crippen LogP contribution in [0.4, 0.5) is 5.69 Å². The van der Waals surface area contributed by atoms with Crippen molar-refractivity contribution in [3.63, 3.8) is 0 Å². The number of thioether (sulfide) groups is 1. The van der Waals surface area contributed by atoms with Crippen LogP contribution in [-0.2, 0) is 29.1 Å². The van der Waals surface area contributed by atoms with E-state index in [0.717, 1.165) is 30.6 Å². The standard InChI is InChI=1S/C23H31N3O6S2/c27-21(24-11-7-23(8-12-24)31-13-14-32-23)16-26-19-15-18(5-6-20(19)33-17-22(26)28)34(29,30)25-9-3-1-2-4-10-25/h5-6,15H,1-4,7-14,16-17H2. The van der Waals surface area contributed by atoms with Crippen LogP contribution in [0.5, 0.6) is 0 Å². The molecule has 0 aromatic heterocycles. The highest BCUT2D eigenvalue weighted by atomic mass is 32.2. The molecule has 0 aliphatic carbocycles. The molecule has 1 aromatic carbocycles. The van der Waals surface area contributed by atoms with Gasteiger partial charge in [-0.2, -0.15) is 4.31 Å². The number of anilines is 1. The molecule has 0 bridgehead atoms. The summed E-state index contributed by atoms with van der Waals surface area (Å²) in [5, 5.41) is 0. The molecule has 9 nitrogen and oxygen atoms in total. The van der Waals surface area contributed by atoms with Gasteiger partial charge in [0.2, 0.25) is 21.8 Å². The van der Waals surface area contributed by atoms with E-state index in [9.17, 15) is 18.0 Å². The highest BCUT2D eigenvalue weighted by Crippen LogP contribution is 2.38. The molecule has 0 radical (unpaired) electrons. The summed E-state index contributed by atoms with van der Waals surface area (Å²) in [4.78, 5) is 30.1. The first-order chi connectivity index (χ1) is 16.4. The maximum Gasteiger partial charge on any atom is 0.243 e. The zero-order chi connectivity index (χ0) is 23.8. The highest BCUT2D eigenvalue weighted by molar-refractivity contribution is 8.00. The average molecular weight is 510 g/mol. The summed E-state index contributed by atoms with van der Waals surface area (Å²) in [6, 6.07) is 4.94. The number of piperidine rings is 1. The maximum atomic E-state index is 13.3. The fourth-order valence-corrected chi connectivity index (χ4v) is 7.52. The van der Waals surface area contributed by atoms with Crippen molar-refractivity contribution in [2.24, 2.45) is 0 Å². The molecule has 0 N–H and O–H groups in total. The average Bonchev–Trinajstić information content (AvgIpc) is 3.11. The van der Waals surface area contributed by atoms with Crippen molar-refractivity contribution in [1.29, 1.82) is 0 Å². The lowest BCUT2D eigenvalue weighted by atomic mass is 10.0. The number of hydrogen-bond acceptors (Lipinski definition) is 7. The third kappa shape index (κ3) is 4.73. The lowest BCUT2D eigenvalue weighted by Crippen LogP contribution is -2.51. The monoisotopic (exact) mass is 509 g/mol. The van der Waals surface area contributed by atoms with Crippen molar-refractivity contribution in [2.45, 2.75) is 54.1 Å². The van der Waals surface area contributed by atoms with E-state index in [2.05, 4.69) is 0 Å². The molecule has 0 saturated carbocycles. The van der Waals surface area contributed by atoms with Gasteiger partial charge in [0.1, 0.15) is 6.54 Å². The molecule has 4 aliphatic rings. The van der Waals surface area contributed by atoms with E-state index in [1.165, 1.54) is 16.7 Å². The van der Waals surface area contributed by atoms with Gasteiger partial charge < -0.3 is 19.3 Å². The first kappa shape index (κ1) is 24.1. The lowest BCUT2D eigenvalue weighted by Gasteiger charge is -2.38. The van der Waals surface area contributed by atoms with E-state index in [-0.39, 0.29) is 29.0 Å². The Bertz CT molecular complexity index is 1040. The van der Waals surface area contributed by atoms with Gasteiger partial charge >= 0.3 is 0 Å². The van der Waals surface area contributed by atoms with Gasteiger partial charge in [-0.25, -0.2) is 8.42 Å². The molecule has 2 amide bonds. The SMILES string of the molecule is O=C(CN1C(=O)CSc2ccc(S(=O)(=O)N3CCCCCC3)cc21)N1CCC2(CC1)OCCO2. The molecule has 5 rings (SSSR count). The number of carbonyl (C=O) groups excluding carboxylic acids is 2. The Balaban J connectivity index is 1.33. The summed E-state index contributed by atoms with van der Waals surface area (Å²) < 4.78 is 39.7. The largest absolute Gasteiger partial charge is 0.347 e. The number of carbonyl (C=O) groups is 2. The van der Waals surface area contributed by atoms with Crippen molar-refractivity contribution in [1.82, 2.24) is 9.21 Å². The second-order valence-corrected chi connectivity index (χ2v) is 12.2. The number of sulfonamides is 1. The number of ether oxygens (including phenoxy) is 2. The molecular weight excluding hydrogens is 478 g/mol. The van der Waals surface area contributed by atoms with Crippen LogP contribution in [0.2, 0.25) is 0 Å². The van der Waals surface area contributed by atoms with Crippen molar-refractivity contribution in [3.05, 3.63) is 18.2 Å². The van der Waals surface area contributed by atoms with E-state index >= 15 is 0 Å². The van der Waals surface area contributed by atoms with Crippen LogP contribution in [0.1, 0.15) is 38.5 Å². The number of nitrogens with zero attached hydrogens (tertiary/aromatic N) is 3. The quantitative estimate of drug-likeness (QED) is 0.613. The van der Waals surface area contributed by atoms with Gasteiger partial charge in [-0.15, -0.1) is 11.8 Å². The molecule has 0 unspecified atom stereocenters. The molecule has 186 valence electrons. The number of likely N-dealkylation sites (tertiary alicyclic amines) is 1. The van der Waals surface area contributed by atoms with Crippen LogP contribution in [0.15, 0.2) is 28.0 Å². The van der Waals surface area contributed by atoms with Crippen molar-refractivity contribution in [2.75, 3.05) is 56.6 Å². The predicted molar refractivity (Wildman–Crippen MR) is 127 cm³/mol. The number of fused-ring (bicyclic) bond motifs is 1. The normalized spacial score (nSPS) is 23.7. The van der Waals surface area contributed by atoms with Crippen molar-refractivity contribution in [3.8, 4) is 0 Å². The number of amides is 2. The maximum absolute atomic E-state index is 13.3. The van der Waals surface area contributed by atoms with Gasteiger partial charge in [-0.3, -0.25) is 9.59 Å². The Hall–Kier alpha value is -1.66. The first-order valence-electron chi connectivity index (χ1n) is 12.0. The first-order valence-corrected chi connectivity index (χ1v) is 14.4. The van der Waals surface area contributed by atoms with E-state index in [4.69, 9.17) is 9.47 Å². The Morgan fingerprint density at radius 1 is 1.00 bits per heavy atom. The summed E-state index contributed by atoms with van der Waals surface area (Å²) in [6.07, 6.45) is 4.99. The molecule has 4 aliphatic heterocycles. The summed E-state index contributed by atoms with van der Waals surface area (Å²) in [7, 11) is -3.66. The van der Waals surface area contributed by atoms with Crippen LogP contribution >= 0.6 is 11.8 Å². The van der Waals surface area contributed by atoms with Gasteiger partial charge in [0.05, 0.1) is 29.5 Å². The van der Waals surface area contributed by atoms with Crippen LogP contribution in [0.25, 0.3) is 0 Å². The molecule has 1 aromatic rings. The van der Waals surface area contributed by atoms with E-state index in [0.29, 0.717) is 57.9 Å². The predicted octanol–water partition coefficient (Wildman–Crippen LogP) is 2.06. The second-order valence-electron chi connectivity index (χ2n) is 9.20. The smallest absolute Gasteiger partial charge is 0.243 e. The zero-order valence-electron chi connectivity index (χ0n) is 19.2. The van der Waals surface area contributed by atoms with E-state index in [1.54, 1.807) is 27.4 Å². The van der Waals surface area contributed by atoms with Gasteiger partial charge in [0, 0.05) is 43.9 Å². The van der Waals surface area contributed by atoms with Crippen molar-refractivity contribution >= 4 is 39.3 Å². The molecule has 0 atom stereocenters. The number of hydrogen-bond donors (Lipinski definition) is 0. The van der Waals surface area contributed by atoms with Crippen LogP contribution in [0.3, 0.4) is 0 Å². The topological polar surface area (TPSA) is 96.5 Å². The Kier molecular flexibility index (Phi) is 6.91. The summed E-state index contributed by atoms with van der Waals surface area (Å²) in [5.41, 5.74) is 0.501. The van der Waals surface area contributed by atoms with Crippen LogP contribution in [-0.4, -0.2) is 86.9 Å². The fourth-order valence-electron chi connectivity index (χ4n) is 5.06. The van der Waals surface area contributed by atoms with Gasteiger partial charge in [-0.1, -0.05) is 12.8 Å². The van der Waals surface area contributed by atoms with Crippen LogP contribution < -0.4 is 4.90 Å². The summed E-state index contributed by atoms with van der Waals surface area (Å²) in [6.45, 7) is 3.09. The minimum absolute atomic E-state index is 0.103. The Labute approximate surface area is 204 Å². The highest BCUT2D eigenvalue weighted by Gasteiger charge is 2.41. The van der Waals surface area contributed by atoms with Crippen LogP contribution in [0, 0.1) is 0 Å². The second kappa shape index (κ2) is 9.77. The van der Waals surface area contributed by atoms with E-state index in [1.807, 2.05) is 0 Å². The summed E-state index contributed by atoms with van der Waals surface area (Å²) in [5.74, 6) is -0.688. The third-order valence-electron chi connectivity index (χ3n) is 7.06. The van der Waals surface area contributed by atoms with Gasteiger partial charge in [0.15, 0.2) is 5.79 Å². The number of benzene rings is 1. The molecule has 11 heteroatoms. The fraction of sp³-hybridized carbons (Fsp3) is 0.652. The van der Waals surface area contributed by atoms with Crippen molar-refractivity contribution < 1.29 is 27.5 Å². The summed E-state index contributed by atoms with van der Waals surface area (Å²) >= 11 is 1.38. The molecule has 4 heterocycles. The minimum Gasteiger partial charge on any atom is -0.347 e. The molecule has 3 saturated heterocycles. The molecule has 34 heavy (non-hydrogen) atoms. The molecule has 3 fully saturated rings. The number of rotatable bonds is 4. The lowest BCUT2D eigenvalue weighted by molar-refractivity contribution is -0.187. The van der Waals surface area contributed by atoms with Gasteiger partial charge in [-0.05, 0) is 31.0 Å².